The second-order valence-corrected chi connectivity index (χ2v) is 3.77. The van der Waals surface area contributed by atoms with Gasteiger partial charge in [-0.2, -0.15) is 0 Å². The van der Waals surface area contributed by atoms with Crippen LogP contribution in [0.1, 0.15) is 19.8 Å². The van der Waals surface area contributed by atoms with Crippen LogP contribution in [-0.2, 0) is 14.9 Å². The largest absolute Gasteiger partial charge is 0.748 e. The van der Waals surface area contributed by atoms with Crippen LogP contribution in [0.2, 0.25) is 0 Å². The maximum atomic E-state index is 10.3. The van der Waals surface area contributed by atoms with Crippen LogP contribution in [0, 0.1) is 0 Å². The molecule has 6 heteroatoms. The monoisotopic (exact) mass is 181 g/mol. The summed E-state index contributed by atoms with van der Waals surface area (Å²) in [7, 11) is -4.44. The minimum absolute atomic E-state index is 0.0398. The Bertz CT molecular complexity index is 229. The Morgan fingerprint density at radius 2 is 2.09 bits per heavy atom. The molecule has 0 bridgehead atoms. The highest BCUT2D eigenvalue weighted by Crippen LogP contribution is 2.07. The van der Waals surface area contributed by atoms with Crippen LogP contribution in [0.4, 0.5) is 0 Å². The molecule has 11 heavy (non-hydrogen) atoms. The zero-order valence-corrected chi connectivity index (χ0v) is 6.80. The molecule has 0 rings (SSSR count). The fraction of sp³-hybridized carbons (Fsp3) is 0.800. The van der Waals surface area contributed by atoms with Gasteiger partial charge in [-0.15, -0.1) is 0 Å². The zero-order valence-electron chi connectivity index (χ0n) is 5.98. The van der Waals surface area contributed by atoms with Crippen LogP contribution < -0.4 is 0 Å². The first-order valence-corrected chi connectivity index (χ1v) is 4.51. The molecule has 1 unspecified atom stereocenters. The van der Waals surface area contributed by atoms with Crippen molar-refractivity contribution >= 4 is 16.1 Å². The Morgan fingerprint density at radius 3 is 2.18 bits per heavy atom. The van der Waals surface area contributed by atoms with Gasteiger partial charge >= 0.3 is 5.97 Å². The third-order valence-corrected chi connectivity index (χ3v) is 2.58. The van der Waals surface area contributed by atoms with Crippen molar-refractivity contribution in [2.75, 3.05) is 0 Å². The van der Waals surface area contributed by atoms with Gasteiger partial charge in [0, 0.05) is 0 Å². The molecule has 1 N–H and O–H groups in total. The highest BCUT2D eigenvalue weighted by atomic mass is 32.2. The Kier molecular flexibility index (Phi) is 3.47. The van der Waals surface area contributed by atoms with E-state index in [1.807, 2.05) is 0 Å². The van der Waals surface area contributed by atoms with E-state index < -0.39 is 27.8 Å². The normalized spacial score (nSPS) is 14.4. The van der Waals surface area contributed by atoms with Gasteiger partial charge in [-0.25, -0.2) is 8.42 Å². The van der Waals surface area contributed by atoms with E-state index in [9.17, 15) is 17.8 Å². The predicted octanol–water partition coefficient (Wildman–Crippen LogP) is -0.215. The highest BCUT2D eigenvalue weighted by molar-refractivity contribution is 7.86. The first kappa shape index (κ1) is 10.4. The van der Waals surface area contributed by atoms with E-state index >= 15 is 0 Å². The highest BCUT2D eigenvalue weighted by Gasteiger charge is 2.17. The second kappa shape index (κ2) is 3.68. The third-order valence-electron chi connectivity index (χ3n) is 1.27. The molecule has 0 fully saturated rings. The summed E-state index contributed by atoms with van der Waals surface area (Å²) < 4.78 is 30.8. The van der Waals surface area contributed by atoms with Gasteiger partial charge in [-0.05, 0) is 6.42 Å². The van der Waals surface area contributed by atoms with E-state index in [0.29, 0.717) is 0 Å². The lowest BCUT2D eigenvalue weighted by Crippen LogP contribution is -2.23. The number of carboxylic acid groups (broad SMARTS) is 1. The quantitative estimate of drug-likeness (QED) is 0.605. The SMILES string of the molecule is CCC(CC(=O)O)S(=O)(=O)[O-]. The first-order chi connectivity index (χ1) is 4.88. The van der Waals surface area contributed by atoms with Gasteiger partial charge in [0.15, 0.2) is 0 Å². The van der Waals surface area contributed by atoms with Gasteiger partial charge in [0.05, 0.1) is 21.8 Å². The van der Waals surface area contributed by atoms with Crippen molar-refractivity contribution in [3.8, 4) is 0 Å². The lowest BCUT2D eigenvalue weighted by molar-refractivity contribution is -0.137. The second-order valence-electron chi connectivity index (χ2n) is 2.12. The standard InChI is InChI=1S/C5H10O5S/c1-2-4(3-5(6)7)11(8,9)10/h4H,2-3H2,1H3,(H,6,7)(H,8,9,10)/p-1. The molecule has 0 spiro atoms. The van der Waals surface area contributed by atoms with E-state index in [0.717, 1.165) is 0 Å². The number of hydrogen-bond donors (Lipinski definition) is 1. The molecule has 1 atom stereocenters. The van der Waals surface area contributed by atoms with Gasteiger partial charge in [0.2, 0.25) is 0 Å². The molecule has 0 aromatic heterocycles. The van der Waals surface area contributed by atoms with Crippen LogP contribution in [0.3, 0.4) is 0 Å². The Labute approximate surface area is 64.8 Å². The molecule has 0 saturated heterocycles. The fourth-order valence-corrected chi connectivity index (χ4v) is 1.40. The van der Waals surface area contributed by atoms with Crippen LogP contribution in [0.25, 0.3) is 0 Å². The summed E-state index contributed by atoms with van der Waals surface area (Å²) in [4.78, 5) is 10.0. The lowest BCUT2D eigenvalue weighted by atomic mass is 10.2. The van der Waals surface area contributed by atoms with Crippen LogP contribution in [-0.4, -0.2) is 29.3 Å². The number of carbonyl (C=O) groups is 1. The minimum Gasteiger partial charge on any atom is -0.748 e. The lowest BCUT2D eigenvalue weighted by Gasteiger charge is -2.16. The summed E-state index contributed by atoms with van der Waals surface area (Å²) in [6.07, 6.45) is -0.569. The van der Waals surface area contributed by atoms with Crippen molar-refractivity contribution in [2.24, 2.45) is 0 Å². The van der Waals surface area contributed by atoms with Crippen LogP contribution >= 0.6 is 0 Å². The van der Waals surface area contributed by atoms with Crippen LogP contribution in [0.5, 0.6) is 0 Å². The number of hydrogen-bond acceptors (Lipinski definition) is 4. The Morgan fingerprint density at radius 1 is 1.64 bits per heavy atom. The van der Waals surface area contributed by atoms with Gasteiger partial charge < -0.3 is 9.66 Å². The molecule has 0 heterocycles. The summed E-state index contributed by atoms with van der Waals surface area (Å²) in [5.74, 6) is -1.27. The summed E-state index contributed by atoms with van der Waals surface area (Å²) in [6.45, 7) is 1.46. The molecule has 0 aliphatic carbocycles. The van der Waals surface area contributed by atoms with Gasteiger partial charge in [-0.1, -0.05) is 6.92 Å². The molecule has 0 aliphatic heterocycles. The van der Waals surface area contributed by atoms with E-state index in [4.69, 9.17) is 5.11 Å². The Hall–Kier alpha value is -0.620. The average Bonchev–Trinajstić information content (AvgIpc) is 1.79. The fourth-order valence-electron chi connectivity index (χ4n) is 0.645. The molecule has 0 aromatic carbocycles. The van der Waals surface area contributed by atoms with Crippen molar-refractivity contribution in [1.29, 1.82) is 0 Å². The first-order valence-electron chi connectivity index (χ1n) is 3.04. The molecular weight excluding hydrogens is 172 g/mol. The molecule has 0 aliphatic rings. The molecular formula is C5H9O5S-. The van der Waals surface area contributed by atoms with Crippen LogP contribution in [0.15, 0.2) is 0 Å². The Balaban J connectivity index is 4.31. The summed E-state index contributed by atoms with van der Waals surface area (Å²) in [5.41, 5.74) is 0. The number of rotatable bonds is 4. The van der Waals surface area contributed by atoms with Crippen molar-refractivity contribution in [1.82, 2.24) is 0 Å². The maximum Gasteiger partial charge on any atom is 0.304 e. The third kappa shape index (κ3) is 3.94. The van der Waals surface area contributed by atoms with Gasteiger partial charge in [-0.3, -0.25) is 4.79 Å². The summed E-state index contributed by atoms with van der Waals surface area (Å²) in [6, 6.07) is 0. The zero-order chi connectivity index (χ0) is 9.07. The molecule has 66 valence electrons. The van der Waals surface area contributed by atoms with Crippen molar-refractivity contribution in [3.05, 3.63) is 0 Å². The topological polar surface area (TPSA) is 94.5 Å². The number of aliphatic carboxylic acids is 1. The van der Waals surface area contributed by atoms with Gasteiger partial charge in [0.1, 0.15) is 0 Å². The summed E-state index contributed by atoms with van der Waals surface area (Å²) >= 11 is 0. The van der Waals surface area contributed by atoms with Crippen molar-refractivity contribution in [3.63, 3.8) is 0 Å². The minimum atomic E-state index is -4.44. The van der Waals surface area contributed by atoms with E-state index in [-0.39, 0.29) is 6.42 Å². The molecule has 0 saturated carbocycles. The predicted molar refractivity (Wildman–Crippen MR) is 36.0 cm³/mol. The maximum absolute atomic E-state index is 10.3. The van der Waals surface area contributed by atoms with Crippen molar-refractivity contribution in [2.45, 2.75) is 25.0 Å². The van der Waals surface area contributed by atoms with Crippen molar-refractivity contribution < 1.29 is 22.9 Å². The molecule has 0 radical (unpaired) electrons. The van der Waals surface area contributed by atoms with E-state index in [2.05, 4.69) is 0 Å². The molecule has 0 aromatic rings. The number of carboxylic acids is 1. The van der Waals surface area contributed by atoms with E-state index in [1.165, 1.54) is 6.92 Å². The van der Waals surface area contributed by atoms with Gasteiger partial charge in [0.25, 0.3) is 0 Å². The summed E-state index contributed by atoms with van der Waals surface area (Å²) in [5, 5.41) is 6.88. The molecule has 0 amide bonds. The van der Waals surface area contributed by atoms with E-state index in [1.54, 1.807) is 0 Å². The smallest absolute Gasteiger partial charge is 0.304 e. The molecule has 5 nitrogen and oxygen atoms in total. The average molecular weight is 181 g/mol.